The van der Waals surface area contributed by atoms with Crippen molar-refractivity contribution in [1.82, 2.24) is 0 Å². The Morgan fingerprint density at radius 3 is 2.65 bits per heavy atom. The number of fused-ring (bicyclic) bond motifs is 1. The second kappa shape index (κ2) is 4.68. The predicted molar refractivity (Wildman–Crippen MR) is 80.5 cm³/mol. The number of rotatable bonds is 2. The maximum absolute atomic E-state index is 12.7. The van der Waals surface area contributed by atoms with Crippen LogP contribution in [0.25, 0.3) is 0 Å². The average molecular weight is 309 g/mol. The first-order chi connectivity index (χ1) is 9.50. The number of hydrogen-bond acceptors (Lipinski definition) is 3. The zero-order chi connectivity index (χ0) is 14.3. The van der Waals surface area contributed by atoms with Gasteiger partial charge in [-0.15, -0.1) is 0 Å². The molecule has 0 unspecified atom stereocenters. The van der Waals surface area contributed by atoms with Gasteiger partial charge in [0.15, 0.2) is 0 Å². The van der Waals surface area contributed by atoms with E-state index < -0.39 is 10.0 Å². The summed E-state index contributed by atoms with van der Waals surface area (Å²) in [7, 11) is -3.63. The topological polar surface area (TPSA) is 63.4 Å². The molecule has 2 aromatic rings. The summed E-state index contributed by atoms with van der Waals surface area (Å²) < 4.78 is 26.8. The van der Waals surface area contributed by atoms with Crippen LogP contribution in [0.5, 0.6) is 0 Å². The Kier molecular flexibility index (Phi) is 3.11. The highest BCUT2D eigenvalue weighted by Crippen LogP contribution is 2.37. The first-order valence-corrected chi connectivity index (χ1v) is 7.97. The minimum absolute atomic E-state index is 0.182. The lowest BCUT2D eigenvalue weighted by Gasteiger charge is -2.21. The third kappa shape index (κ3) is 2.03. The predicted octanol–water partition coefficient (Wildman–Crippen LogP) is 2.67. The Bertz CT molecular complexity index is 774. The maximum Gasteiger partial charge on any atom is 0.264 e. The monoisotopic (exact) mass is 308 g/mol. The number of nitrogen functional groups attached to an aromatic ring is 1. The highest BCUT2D eigenvalue weighted by atomic mass is 35.5. The summed E-state index contributed by atoms with van der Waals surface area (Å²) in [6, 6.07) is 11.7. The summed E-state index contributed by atoms with van der Waals surface area (Å²) in [6.45, 7) is 0.401. The lowest BCUT2D eigenvalue weighted by molar-refractivity contribution is 0.592. The van der Waals surface area contributed by atoms with Crippen molar-refractivity contribution in [3.8, 4) is 0 Å². The fourth-order valence-electron chi connectivity index (χ4n) is 2.45. The van der Waals surface area contributed by atoms with Gasteiger partial charge in [-0.2, -0.15) is 0 Å². The Hall–Kier alpha value is -1.72. The fourth-order valence-corrected chi connectivity index (χ4v) is 4.28. The van der Waals surface area contributed by atoms with Crippen LogP contribution < -0.4 is 10.0 Å². The first-order valence-electron chi connectivity index (χ1n) is 6.16. The lowest BCUT2D eigenvalue weighted by atomic mass is 10.1. The Morgan fingerprint density at radius 1 is 1.15 bits per heavy atom. The quantitative estimate of drug-likeness (QED) is 0.868. The number of benzene rings is 2. The fraction of sp³-hybridized carbons (Fsp3) is 0.143. The van der Waals surface area contributed by atoms with Gasteiger partial charge in [-0.3, -0.25) is 4.31 Å². The molecule has 0 bridgehead atoms. The van der Waals surface area contributed by atoms with Crippen LogP contribution in [0, 0.1) is 0 Å². The third-order valence-corrected chi connectivity index (χ3v) is 5.40. The zero-order valence-electron chi connectivity index (χ0n) is 10.6. The van der Waals surface area contributed by atoms with Crippen molar-refractivity contribution < 1.29 is 8.42 Å². The molecule has 6 heteroatoms. The van der Waals surface area contributed by atoms with Gasteiger partial charge in [-0.1, -0.05) is 29.8 Å². The molecular formula is C14H13ClN2O2S. The summed E-state index contributed by atoms with van der Waals surface area (Å²) in [5, 5.41) is 0.395. The standard InChI is InChI=1S/C14H13ClN2O2S/c15-11-4-2-5-12(9-11)20(18,19)17-8-7-10-3-1-6-13(16)14(10)17/h1-6,9H,7-8,16H2. The van der Waals surface area contributed by atoms with Crippen LogP contribution in [0.15, 0.2) is 47.4 Å². The van der Waals surface area contributed by atoms with E-state index in [0.717, 1.165) is 5.56 Å². The molecule has 0 aliphatic carbocycles. The van der Waals surface area contributed by atoms with Gasteiger partial charge in [0.25, 0.3) is 10.0 Å². The third-order valence-electron chi connectivity index (χ3n) is 3.37. The van der Waals surface area contributed by atoms with Crippen molar-refractivity contribution >= 4 is 33.0 Å². The van der Waals surface area contributed by atoms with Gasteiger partial charge in [0.1, 0.15) is 0 Å². The summed E-state index contributed by atoms with van der Waals surface area (Å²) in [6.07, 6.45) is 0.667. The summed E-state index contributed by atoms with van der Waals surface area (Å²) in [5.74, 6) is 0. The molecule has 2 aromatic carbocycles. The van der Waals surface area contributed by atoms with E-state index in [9.17, 15) is 8.42 Å². The van der Waals surface area contributed by atoms with Gasteiger partial charge in [0.05, 0.1) is 16.3 Å². The van der Waals surface area contributed by atoms with Crippen LogP contribution in [0.4, 0.5) is 11.4 Å². The van der Waals surface area contributed by atoms with Crippen molar-refractivity contribution in [2.45, 2.75) is 11.3 Å². The minimum atomic E-state index is -3.63. The zero-order valence-corrected chi connectivity index (χ0v) is 12.2. The minimum Gasteiger partial charge on any atom is -0.397 e. The van der Waals surface area contributed by atoms with Gasteiger partial charge in [-0.25, -0.2) is 8.42 Å². The molecule has 0 spiro atoms. The molecular weight excluding hydrogens is 296 g/mol. The molecule has 1 aliphatic heterocycles. The Balaban J connectivity index is 2.12. The summed E-state index contributed by atoms with van der Waals surface area (Å²) >= 11 is 5.88. The van der Waals surface area contributed by atoms with Gasteiger partial charge >= 0.3 is 0 Å². The van der Waals surface area contributed by atoms with Crippen molar-refractivity contribution in [1.29, 1.82) is 0 Å². The van der Waals surface area contributed by atoms with E-state index in [1.807, 2.05) is 12.1 Å². The van der Waals surface area contributed by atoms with Crippen LogP contribution in [-0.2, 0) is 16.4 Å². The molecule has 0 radical (unpaired) electrons. The van der Waals surface area contributed by atoms with E-state index in [1.54, 1.807) is 24.3 Å². The number of para-hydroxylation sites is 1. The lowest BCUT2D eigenvalue weighted by Crippen LogP contribution is -2.29. The van der Waals surface area contributed by atoms with E-state index in [0.29, 0.717) is 29.4 Å². The van der Waals surface area contributed by atoms with Gasteiger partial charge < -0.3 is 5.73 Å². The van der Waals surface area contributed by atoms with E-state index in [4.69, 9.17) is 17.3 Å². The molecule has 104 valence electrons. The van der Waals surface area contributed by atoms with Gasteiger partial charge in [-0.05, 0) is 36.2 Å². The number of anilines is 2. The average Bonchev–Trinajstić information content (AvgIpc) is 2.85. The molecule has 0 saturated heterocycles. The largest absolute Gasteiger partial charge is 0.397 e. The molecule has 20 heavy (non-hydrogen) atoms. The highest BCUT2D eigenvalue weighted by Gasteiger charge is 2.32. The van der Waals surface area contributed by atoms with Crippen LogP contribution in [0.3, 0.4) is 0 Å². The van der Waals surface area contributed by atoms with E-state index >= 15 is 0 Å². The smallest absolute Gasteiger partial charge is 0.264 e. The van der Waals surface area contributed by atoms with E-state index in [2.05, 4.69) is 0 Å². The molecule has 0 aromatic heterocycles. The van der Waals surface area contributed by atoms with Crippen molar-refractivity contribution in [2.24, 2.45) is 0 Å². The second-order valence-electron chi connectivity index (χ2n) is 4.64. The van der Waals surface area contributed by atoms with Crippen molar-refractivity contribution in [3.63, 3.8) is 0 Å². The molecule has 1 aliphatic rings. The molecule has 0 amide bonds. The first kappa shape index (κ1) is 13.3. The molecule has 0 atom stereocenters. The van der Waals surface area contributed by atoms with Gasteiger partial charge in [0.2, 0.25) is 0 Å². The number of nitrogens with two attached hydrogens (primary N) is 1. The Labute approximate surface area is 122 Å². The maximum atomic E-state index is 12.7. The molecule has 4 nitrogen and oxygen atoms in total. The molecule has 1 heterocycles. The van der Waals surface area contributed by atoms with Crippen LogP contribution in [0.1, 0.15) is 5.56 Å². The highest BCUT2D eigenvalue weighted by molar-refractivity contribution is 7.92. The Morgan fingerprint density at radius 2 is 1.90 bits per heavy atom. The molecule has 0 fully saturated rings. The number of hydrogen-bond donors (Lipinski definition) is 1. The SMILES string of the molecule is Nc1cccc2c1N(S(=O)(=O)c1cccc(Cl)c1)CC2. The van der Waals surface area contributed by atoms with Crippen LogP contribution in [0.2, 0.25) is 5.02 Å². The number of halogens is 1. The number of nitrogens with zero attached hydrogens (tertiary/aromatic N) is 1. The van der Waals surface area contributed by atoms with Crippen molar-refractivity contribution in [3.05, 3.63) is 53.1 Å². The molecule has 3 rings (SSSR count). The summed E-state index contributed by atoms with van der Waals surface area (Å²) in [5.41, 5.74) is 7.96. The van der Waals surface area contributed by atoms with Crippen LogP contribution >= 0.6 is 11.6 Å². The van der Waals surface area contributed by atoms with Crippen LogP contribution in [-0.4, -0.2) is 15.0 Å². The molecule has 2 N–H and O–H groups in total. The summed E-state index contributed by atoms with van der Waals surface area (Å²) in [4.78, 5) is 0.182. The van der Waals surface area contributed by atoms with Gasteiger partial charge in [0, 0.05) is 11.6 Å². The normalized spacial score (nSPS) is 14.3. The van der Waals surface area contributed by atoms with E-state index in [1.165, 1.54) is 10.4 Å². The number of sulfonamides is 1. The van der Waals surface area contributed by atoms with Crippen molar-refractivity contribution in [2.75, 3.05) is 16.6 Å². The van der Waals surface area contributed by atoms with E-state index in [-0.39, 0.29) is 4.90 Å². The molecule has 0 saturated carbocycles. The second-order valence-corrected chi connectivity index (χ2v) is 6.94.